The number of nitrogens with one attached hydrogen (secondary N) is 1. The summed E-state index contributed by atoms with van der Waals surface area (Å²) in [5.74, 6) is -0.707. The summed E-state index contributed by atoms with van der Waals surface area (Å²) in [4.78, 5) is 31.2. The van der Waals surface area contributed by atoms with Crippen LogP contribution < -0.4 is 4.74 Å². The number of H-pyrrole nitrogens is 1. The van der Waals surface area contributed by atoms with Crippen LogP contribution in [0, 0.1) is 6.92 Å². The fraction of sp³-hybridized carbons (Fsp3) is 0.167. The lowest BCUT2D eigenvalue weighted by atomic mass is 10.0. The van der Waals surface area contributed by atoms with Gasteiger partial charge < -0.3 is 14.8 Å². The second-order valence-electron chi connectivity index (χ2n) is 5.51. The van der Waals surface area contributed by atoms with Gasteiger partial charge in [0.2, 0.25) is 5.78 Å². The van der Waals surface area contributed by atoms with Crippen LogP contribution in [0.2, 0.25) is 0 Å². The molecule has 3 rings (SSSR count). The number of aromatic nitrogens is 2. The SMILES string of the molecule is COc1ccc2c(CC(=O)O)c(C(=O)c3cc(C)ccn3)[nH]c2c1. The standard InChI is InChI=1S/C18H16N2O4/c1-10-5-6-19-15(7-10)18(23)17-13(9-16(21)22)12-4-3-11(24-2)8-14(12)20-17/h3-8,20H,9H2,1-2H3,(H,21,22). The van der Waals surface area contributed by atoms with E-state index in [1.165, 1.54) is 0 Å². The summed E-state index contributed by atoms with van der Waals surface area (Å²) < 4.78 is 5.18. The maximum absolute atomic E-state index is 12.8. The number of benzene rings is 1. The smallest absolute Gasteiger partial charge is 0.307 e. The van der Waals surface area contributed by atoms with Crippen LogP contribution >= 0.6 is 0 Å². The number of fused-ring (bicyclic) bond motifs is 1. The Kier molecular flexibility index (Phi) is 4.04. The highest BCUT2D eigenvalue weighted by atomic mass is 16.5. The van der Waals surface area contributed by atoms with Crippen LogP contribution in [-0.4, -0.2) is 33.9 Å². The Bertz CT molecular complexity index is 943. The monoisotopic (exact) mass is 324 g/mol. The van der Waals surface area contributed by atoms with Gasteiger partial charge in [-0.2, -0.15) is 0 Å². The van der Waals surface area contributed by atoms with Crippen LogP contribution in [0.1, 0.15) is 27.3 Å². The summed E-state index contributed by atoms with van der Waals surface area (Å²) >= 11 is 0. The summed E-state index contributed by atoms with van der Waals surface area (Å²) in [6.45, 7) is 1.87. The number of aryl methyl sites for hydroxylation is 1. The highest BCUT2D eigenvalue weighted by Crippen LogP contribution is 2.28. The number of carboxylic acids is 1. The third kappa shape index (κ3) is 2.86. The topological polar surface area (TPSA) is 92.3 Å². The van der Waals surface area contributed by atoms with Gasteiger partial charge >= 0.3 is 5.97 Å². The number of carboxylic acid groups (broad SMARTS) is 1. The Morgan fingerprint density at radius 1 is 1.25 bits per heavy atom. The molecule has 122 valence electrons. The predicted molar refractivity (Wildman–Crippen MR) is 88.6 cm³/mol. The molecule has 6 nitrogen and oxygen atoms in total. The van der Waals surface area contributed by atoms with Crippen LogP contribution in [-0.2, 0) is 11.2 Å². The van der Waals surface area contributed by atoms with Gasteiger partial charge in [0.25, 0.3) is 0 Å². The van der Waals surface area contributed by atoms with Crippen molar-refractivity contribution in [1.29, 1.82) is 0 Å². The van der Waals surface area contributed by atoms with Gasteiger partial charge in [0, 0.05) is 28.7 Å². The number of methoxy groups -OCH3 is 1. The molecular formula is C18H16N2O4. The Hall–Kier alpha value is -3.15. The summed E-state index contributed by atoms with van der Waals surface area (Å²) in [5.41, 5.74) is 2.54. The molecule has 6 heteroatoms. The van der Waals surface area contributed by atoms with Gasteiger partial charge in [-0.3, -0.25) is 14.6 Å². The molecule has 3 aromatic rings. The van der Waals surface area contributed by atoms with Crippen LogP contribution in [0.4, 0.5) is 0 Å². The molecule has 24 heavy (non-hydrogen) atoms. The molecule has 0 aliphatic rings. The Balaban J connectivity index is 2.18. The molecule has 0 spiro atoms. The molecule has 0 aliphatic carbocycles. The van der Waals surface area contributed by atoms with Gasteiger partial charge in [-0.1, -0.05) is 0 Å². The van der Waals surface area contributed by atoms with E-state index in [0.29, 0.717) is 22.2 Å². The molecule has 0 saturated heterocycles. The number of aromatic amines is 1. The molecule has 1 aromatic carbocycles. The Morgan fingerprint density at radius 2 is 2.04 bits per heavy atom. The third-order valence-corrected chi connectivity index (χ3v) is 3.82. The number of pyridine rings is 1. The quantitative estimate of drug-likeness (QED) is 0.704. The lowest BCUT2D eigenvalue weighted by molar-refractivity contribution is -0.136. The fourth-order valence-electron chi connectivity index (χ4n) is 2.68. The van der Waals surface area contributed by atoms with Crippen molar-refractivity contribution in [3.05, 3.63) is 59.0 Å². The van der Waals surface area contributed by atoms with Crippen molar-refractivity contribution in [2.45, 2.75) is 13.3 Å². The van der Waals surface area contributed by atoms with Crippen LogP contribution in [0.3, 0.4) is 0 Å². The first-order chi connectivity index (χ1) is 11.5. The van der Waals surface area contributed by atoms with E-state index in [1.807, 2.05) is 6.92 Å². The summed E-state index contributed by atoms with van der Waals surface area (Å²) in [6.07, 6.45) is 1.31. The van der Waals surface area contributed by atoms with E-state index in [9.17, 15) is 14.7 Å². The lowest BCUT2D eigenvalue weighted by Gasteiger charge is -2.03. The Labute approximate surface area is 138 Å². The van der Waals surface area contributed by atoms with Gasteiger partial charge in [0.15, 0.2) is 0 Å². The van der Waals surface area contributed by atoms with E-state index in [0.717, 1.165) is 5.56 Å². The van der Waals surface area contributed by atoms with Gasteiger partial charge in [-0.15, -0.1) is 0 Å². The normalized spacial score (nSPS) is 10.8. The molecule has 2 heterocycles. The minimum atomic E-state index is -1.00. The highest BCUT2D eigenvalue weighted by molar-refractivity contribution is 6.11. The number of ether oxygens (including phenoxy) is 1. The van der Waals surface area contributed by atoms with Crippen molar-refractivity contribution in [3.8, 4) is 5.75 Å². The second kappa shape index (κ2) is 6.16. The van der Waals surface area contributed by atoms with E-state index in [1.54, 1.807) is 43.6 Å². The average Bonchev–Trinajstić information content (AvgIpc) is 2.91. The van der Waals surface area contributed by atoms with Crippen LogP contribution in [0.25, 0.3) is 10.9 Å². The van der Waals surface area contributed by atoms with Crippen molar-refractivity contribution in [2.75, 3.05) is 7.11 Å². The van der Waals surface area contributed by atoms with Crippen molar-refractivity contribution in [3.63, 3.8) is 0 Å². The molecule has 2 N–H and O–H groups in total. The maximum atomic E-state index is 12.8. The first-order valence-electron chi connectivity index (χ1n) is 7.37. The first-order valence-corrected chi connectivity index (χ1v) is 7.37. The minimum Gasteiger partial charge on any atom is -0.497 e. The van der Waals surface area contributed by atoms with E-state index in [2.05, 4.69) is 9.97 Å². The zero-order valence-electron chi connectivity index (χ0n) is 13.3. The number of rotatable bonds is 5. The van der Waals surface area contributed by atoms with Gasteiger partial charge in [-0.05, 0) is 36.8 Å². The molecule has 2 aromatic heterocycles. The number of hydrogen-bond acceptors (Lipinski definition) is 4. The van der Waals surface area contributed by atoms with E-state index in [4.69, 9.17) is 4.74 Å². The second-order valence-corrected chi connectivity index (χ2v) is 5.51. The molecular weight excluding hydrogens is 308 g/mol. The molecule has 0 unspecified atom stereocenters. The molecule has 0 radical (unpaired) electrons. The molecule has 0 saturated carbocycles. The molecule has 0 aliphatic heterocycles. The number of ketones is 1. The average molecular weight is 324 g/mol. The Morgan fingerprint density at radius 3 is 2.71 bits per heavy atom. The van der Waals surface area contributed by atoms with E-state index >= 15 is 0 Å². The molecule has 0 amide bonds. The van der Waals surface area contributed by atoms with Gasteiger partial charge in [-0.25, -0.2) is 0 Å². The van der Waals surface area contributed by atoms with E-state index in [-0.39, 0.29) is 23.6 Å². The number of hydrogen-bond donors (Lipinski definition) is 2. The summed E-state index contributed by atoms with van der Waals surface area (Å²) in [5, 5.41) is 9.89. The van der Waals surface area contributed by atoms with E-state index < -0.39 is 5.97 Å². The fourth-order valence-corrected chi connectivity index (χ4v) is 2.68. The largest absolute Gasteiger partial charge is 0.497 e. The van der Waals surface area contributed by atoms with Gasteiger partial charge in [0.05, 0.1) is 19.2 Å². The number of carbonyl (C=O) groups excluding carboxylic acids is 1. The van der Waals surface area contributed by atoms with Crippen molar-refractivity contribution in [2.24, 2.45) is 0 Å². The van der Waals surface area contributed by atoms with Crippen molar-refractivity contribution < 1.29 is 19.4 Å². The number of nitrogens with zero attached hydrogens (tertiary/aromatic N) is 1. The molecule has 0 fully saturated rings. The minimum absolute atomic E-state index is 0.249. The molecule has 0 atom stereocenters. The van der Waals surface area contributed by atoms with Gasteiger partial charge in [0.1, 0.15) is 11.4 Å². The third-order valence-electron chi connectivity index (χ3n) is 3.82. The van der Waals surface area contributed by atoms with Crippen LogP contribution in [0.15, 0.2) is 36.5 Å². The van der Waals surface area contributed by atoms with Crippen LogP contribution in [0.5, 0.6) is 5.75 Å². The zero-order valence-corrected chi connectivity index (χ0v) is 13.3. The predicted octanol–water partition coefficient (Wildman–Crippen LogP) is 2.74. The molecule has 0 bridgehead atoms. The highest BCUT2D eigenvalue weighted by Gasteiger charge is 2.22. The maximum Gasteiger partial charge on any atom is 0.307 e. The lowest BCUT2D eigenvalue weighted by Crippen LogP contribution is -2.10. The zero-order chi connectivity index (χ0) is 17.3. The summed E-state index contributed by atoms with van der Waals surface area (Å²) in [6, 6.07) is 8.70. The van der Waals surface area contributed by atoms with Crippen molar-refractivity contribution in [1.82, 2.24) is 9.97 Å². The summed E-state index contributed by atoms with van der Waals surface area (Å²) in [7, 11) is 1.55. The van der Waals surface area contributed by atoms with Crippen molar-refractivity contribution >= 4 is 22.7 Å². The first kappa shape index (κ1) is 15.7. The number of carbonyl (C=O) groups is 2. The number of aliphatic carboxylic acids is 1.